The molecule has 1 aliphatic rings. The summed E-state index contributed by atoms with van der Waals surface area (Å²) in [5.41, 5.74) is 6.73. The molecule has 0 aliphatic carbocycles. The van der Waals surface area contributed by atoms with E-state index in [2.05, 4.69) is 23.8 Å². The van der Waals surface area contributed by atoms with Gasteiger partial charge in [0.1, 0.15) is 5.82 Å². The van der Waals surface area contributed by atoms with Gasteiger partial charge in [0.05, 0.1) is 18.7 Å². The summed E-state index contributed by atoms with van der Waals surface area (Å²) in [6, 6.07) is 13.8. The van der Waals surface area contributed by atoms with Crippen molar-refractivity contribution in [3.63, 3.8) is 0 Å². The largest absolute Gasteiger partial charge is 0.481 e. The molecule has 1 aromatic heterocycles. The molecule has 9 heteroatoms. The van der Waals surface area contributed by atoms with E-state index in [1.54, 1.807) is 12.1 Å². The van der Waals surface area contributed by atoms with E-state index in [9.17, 15) is 14.3 Å². The summed E-state index contributed by atoms with van der Waals surface area (Å²) in [4.78, 5) is 19.0. The molecular weight excluding hydrogens is 495 g/mol. The molecule has 1 fully saturated rings. The van der Waals surface area contributed by atoms with Crippen molar-refractivity contribution < 1.29 is 14.3 Å². The number of nitrogens with zero attached hydrogens (tertiary/aromatic N) is 4. The van der Waals surface area contributed by atoms with Crippen LogP contribution in [0.25, 0.3) is 11.1 Å². The zero-order valence-electron chi connectivity index (χ0n) is 23.0. The van der Waals surface area contributed by atoms with Crippen LogP contribution in [0.2, 0.25) is 0 Å². The highest BCUT2D eigenvalue weighted by molar-refractivity contribution is 6.00. The number of amidine groups is 1. The number of rotatable bonds is 7. The lowest BCUT2D eigenvalue weighted by atomic mass is 9.82. The van der Waals surface area contributed by atoms with Crippen LogP contribution in [-0.4, -0.2) is 40.0 Å². The van der Waals surface area contributed by atoms with Crippen LogP contribution >= 0.6 is 0 Å². The molecule has 0 spiro atoms. The van der Waals surface area contributed by atoms with Gasteiger partial charge in [-0.1, -0.05) is 44.2 Å². The van der Waals surface area contributed by atoms with Gasteiger partial charge in [-0.05, 0) is 61.4 Å². The number of benzene rings is 2. The Morgan fingerprint density at radius 2 is 1.79 bits per heavy atom. The number of hydrogen-bond donors (Lipinski definition) is 3. The monoisotopic (exact) mass is 532 g/mol. The number of hydrazine groups is 1. The fraction of sp³-hybridized carbons (Fsp3) is 0.367. The van der Waals surface area contributed by atoms with Crippen molar-refractivity contribution in [1.29, 1.82) is 0 Å². The molecule has 2 aromatic carbocycles. The Morgan fingerprint density at radius 3 is 2.41 bits per heavy atom. The van der Waals surface area contributed by atoms with Crippen LogP contribution in [0.5, 0.6) is 0 Å². The van der Waals surface area contributed by atoms with Crippen molar-refractivity contribution in [3.8, 4) is 11.1 Å². The summed E-state index contributed by atoms with van der Waals surface area (Å²) in [6.07, 6.45) is 1.91. The number of carboxylic acid groups (broad SMARTS) is 1. The standard InChI is InChI=1S/C30H37FN6O2/c1-19-25(17-26(38)39)28(36-14-12-30(3,4)13-15-36)27(20(2)34-19)22-6-5-7-23(16-22)29(35-32)37(33)18-21-8-10-24(31)11-9-21/h5-11,16H,12-15,17-18,32-33H2,1-4H3,(H,38,39)/b35-29-. The van der Waals surface area contributed by atoms with E-state index in [0.29, 0.717) is 11.4 Å². The molecule has 4 rings (SSSR count). The number of carbonyl (C=O) groups is 1. The number of aromatic nitrogens is 1. The third kappa shape index (κ3) is 6.37. The molecule has 0 atom stereocenters. The Kier molecular flexibility index (Phi) is 8.20. The van der Waals surface area contributed by atoms with Gasteiger partial charge in [-0.25, -0.2) is 10.2 Å². The van der Waals surface area contributed by atoms with Crippen molar-refractivity contribution in [2.24, 2.45) is 22.2 Å². The molecule has 2 heterocycles. The topological polar surface area (TPSA) is 121 Å². The predicted octanol–water partition coefficient (Wildman–Crippen LogP) is 4.75. The van der Waals surface area contributed by atoms with Gasteiger partial charge in [0, 0.05) is 41.2 Å². The highest BCUT2D eigenvalue weighted by Crippen LogP contribution is 2.41. The third-order valence-electron chi connectivity index (χ3n) is 7.49. The summed E-state index contributed by atoms with van der Waals surface area (Å²) in [5.74, 6) is 11.3. The lowest BCUT2D eigenvalue weighted by molar-refractivity contribution is -0.136. The van der Waals surface area contributed by atoms with E-state index in [0.717, 1.165) is 65.3 Å². The molecule has 1 saturated heterocycles. The third-order valence-corrected chi connectivity index (χ3v) is 7.49. The van der Waals surface area contributed by atoms with Crippen LogP contribution < -0.4 is 16.6 Å². The van der Waals surface area contributed by atoms with E-state index in [1.165, 1.54) is 17.1 Å². The van der Waals surface area contributed by atoms with E-state index in [4.69, 9.17) is 16.7 Å². The molecule has 0 unspecified atom stereocenters. The van der Waals surface area contributed by atoms with Crippen LogP contribution in [0.1, 0.15) is 54.8 Å². The van der Waals surface area contributed by atoms with Gasteiger partial charge in [-0.3, -0.25) is 14.8 Å². The fourth-order valence-electron chi connectivity index (χ4n) is 5.25. The summed E-state index contributed by atoms with van der Waals surface area (Å²) < 4.78 is 13.4. The van der Waals surface area contributed by atoms with Crippen LogP contribution in [0.3, 0.4) is 0 Å². The molecule has 206 valence electrons. The van der Waals surface area contributed by atoms with Gasteiger partial charge < -0.3 is 15.8 Å². The first kappa shape index (κ1) is 28.0. The highest BCUT2D eigenvalue weighted by atomic mass is 19.1. The maximum absolute atomic E-state index is 13.4. The quantitative estimate of drug-likeness (QED) is 0.174. The summed E-state index contributed by atoms with van der Waals surface area (Å²) in [5, 5.41) is 15.2. The highest BCUT2D eigenvalue weighted by Gasteiger charge is 2.30. The molecule has 0 radical (unpaired) electrons. The van der Waals surface area contributed by atoms with Gasteiger partial charge in [0.2, 0.25) is 0 Å². The number of hydrogen-bond acceptors (Lipinski definition) is 6. The summed E-state index contributed by atoms with van der Waals surface area (Å²) in [6.45, 7) is 10.3. The molecule has 8 nitrogen and oxygen atoms in total. The number of halogens is 1. The smallest absolute Gasteiger partial charge is 0.307 e. The number of aryl methyl sites for hydroxylation is 2. The molecule has 3 aromatic rings. The minimum atomic E-state index is -0.890. The van der Waals surface area contributed by atoms with Gasteiger partial charge in [0.25, 0.3) is 0 Å². The minimum absolute atomic E-state index is 0.106. The average Bonchev–Trinajstić information content (AvgIpc) is 2.87. The second-order valence-corrected chi connectivity index (χ2v) is 11.0. The number of carboxylic acids is 1. The van der Waals surface area contributed by atoms with E-state index < -0.39 is 5.97 Å². The SMILES string of the molecule is Cc1nc(C)c(-c2cccc(/C(=N/N)N(N)Cc3ccc(F)cc3)c2)c(N2CCC(C)(C)CC2)c1CC(=O)O. The maximum Gasteiger partial charge on any atom is 0.307 e. The molecular formula is C30H37FN6O2. The minimum Gasteiger partial charge on any atom is -0.481 e. The van der Waals surface area contributed by atoms with Gasteiger partial charge in [-0.15, -0.1) is 0 Å². The second-order valence-electron chi connectivity index (χ2n) is 11.0. The molecule has 1 aliphatic heterocycles. The fourth-order valence-corrected chi connectivity index (χ4v) is 5.25. The van der Waals surface area contributed by atoms with Gasteiger partial charge in [-0.2, -0.15) is 5.10 Å². The normalized spacial score (nSPS) is 15.3. The van der Waals surface area contributed by atoms with Crippen molar-refractivity contribution in [2.45, 2.75) is 53.5 Å². The summed E-state index contributed by atoms with van der Waals surface area (Å²) >= 11 is 0. The average molecular weight is 533 g/mol. The summed E-state index contributed by atoms with van der Waals surface area (Å²) in [7, 11) is 0. The molecule has 0 saturated carbocycles. The Balaban J connectivity index is 1.78. The lowest BCUT2D eigenvalue weighted by Gasteiger charge is -2.40. The van der Waals surface area contributed by atoms with Crippen LogP contribution in [-0.2, 0) is 17.8 Å². The Morgan fingerprint density at radius 1 is 1.13 bits per heavy atom. The van der Waals surface area contributed by atoms with Crippen LogP contribution in [0, 0.1) is 25.1 Å². The van der Waals surface area contributed by atoms with Gasteiger partial charge in [0.15, 0.2) is 5.84 Å². The number of pyridine rings is 1. The van der Waals surface area contributed by atoms with Crippen molar-refractivity contribution in [3.05, 3.63) is 82.4 Å². The second kappa shape index (κ2) is 11.4. The number of nitrogens with two attached hydrogens (primary N) is 2. The van der Waals surface area contributed by atoms with Gasteiger partial charge >= 0.3 is 5.97 Å². The molecule has 0 amide bonds. The lowest BCUT2D eigenvalue weighted by Crippen LogP contribution is -2.38. The van der Waals surface area contributed by atoms with Crippen molar-refractivity contribution >= 4 is 17.5 Å². The zero-order valence-corrected chi connectivity index (χ0v) is 23.0. The molecule has 5 N–H and O–H groups in total. The first-order valence-corrected chi connectivity index (χ1v) is 13.1. The Hall–Kier alpha value is -3.98. The maximum atomic E-state index is 13.4. The van der Waals surface area contributed by atoms with Crippen LogP contribution in [0.15, 0.2) is 53.6 Å². The zero-order chi connectivity index (χ0) is 28.3. The first-order chi connectivity index (χ1) is 18.5. The number of anilines is 1. The van der Waals surface area contributed by atoms with Crippen molar-refractivity contribution in [1.82, 2.24) is 9.99 Å². The van der Waals surface area contributed by atoms with E-state index >= 15 is 0 Å². The van der Waals surface area contributed by atoms with E-state index in [1.807, 2.05) is 38.1 Å². The number of aliphatic carboxylic acids is 1. The molecule has 0 bridgehead atoms. The number of piperidine rings is 1. The Labute approximate surface area is 229 Å². The molecule has 39 heavy (non-hydrogen) atoms. The number of hydrazone groups is 1. The van der Waals surface area contributed by atoms with Crippen LogP contribution in [0.4, 0.5) is 10.1 Å². The van der Waals surface area contributed by atoms with Crippen molar-refractivity contribution in [2.75, 3.05) is 18.0 Å². The van der Waals surface area contributed by atoms with E-state index in [-0.39, 0.29) is 24.2 Å². The first-order valence-electron chi connectivity index (χ1n) is 13.1. The predicted molar refractivity (Wildman–Crippen MR) is 153 cm³/mol. The Bertz CT molecular complexity index is 1380.